The maximum Gasteiger partial charge on any atom is 0.233 e. The first-order valence-corrected chi connectivity index (χ1v) is 9.81. The molecule has 1 amide bonds. The minimum absolute atomic E-state index is 0.0836. The van der Waals surface area contributed by atoms with Crippen molar-refractivity contribution in [1.82, 2.24) is 9.80 Å². The van der Waals surface area contributed by atoms with Crippen LogP contribution in [0, 0.1) is 5.82 Å². The van der Waals surface area contributed by atoms with Gasteiger partial charge >= 0.3 is 0 Å². The quantitative estimate of drug-likeness (QED) is 0.816. The molecule has 2 aromatic carbocycles. The van der Waals surface area contributed by atoms with Gasteiger partial charge in [-0.15, -0.1) is 0 Å². The van der Waals surface area contributed by atoms with Gasteiger partial charge in [0.2, 0.25) is 12.7 Å². The van der Waals surface area contributed by atoms with Crippen molar-refractivity contribution in [2.75, 3.05) is 33.0 Å². The van der Waals surface area contributed by atoms with Crippen LogP contribution in [0.4, 0.5) is 4.39 Å². The summed E-state index contributed by atoms with van der Waals surface area (Å²) >= 11 is 0. The summed E-state index contributed by atoms with van der Waals surface area (Å²) in [5.41, 5.74) is 1.10. The van der Waals surface area contributed by atoms with Crippen molar-refractivity contribution in [3.8, 4) is 11.5 Å². The van der Waals surface area contributed by atoms with E-state index in [1.807, 2.05) is 23.1 Å². The number of ether oxygens (including phenoxy) is 2. The lowest BCUT2D eigenvalue weighted by atomic mass is 9.93. The summed E-state index contributed by atoms with van der Waals surface area (Å²) in [6.45, 7) is 4.08. The lowest BCUT2D eigenvalue weighted by molar-refractivity contribution is -0.135. The standard InChI is InChI=1S/C22H23FN2O3/c23-18-4-2-1-3-17(18)22(7-8-22)21(26)25-11-9-24(10-12-25)14-16-5-6-19-20(13-16)28-15-27-19/h1-6,13H,7-12,14-15H2. The molecule has 2 aliphatic heterocycles. The van der Waals surface area contributed by atoms with Crippen LogP contribution in [-0.2, 0) is 16.8 Å². The highest BCUT2D eigenvalue weighted by atomic mass is 19.1. The Morgan fingerprint density at radius 1 is 1.00 bits per heavy atom. The Hall–Kier alpha value is -2.60. The number of hydrogen-bond acceptors (Lipinski definition) is 4. The number of fused-ring (bicyclic) bond motifs is 1. The molecule has 0 radical (unpaired) electrons. The van der Waals surface area contributed by atoms with Crippen LogP contribution in [0.2, 0.25) is 0 Å². The van der Waals surface area contributed by atoms with Gasteiger partial charge in [0, 0.05) is 38.3 Å². The van der Waals surface area contributed by atoms with Crippen LogP contribution in [0.5, 0.6) is 11.5 Å². The fourth-order valence-corrected chi connectivity index (χ4v) is 4.28. The number of hydrogen-bond donors (Lipinski definition) is 0. The number of halogens is 1. The number of amides is 1. The molecule has 1 saturated heterocycles. The number of carbonyl (C=O) groups is 1. The van der Waals surface area contributed by atoms with Crippen molar-refractivity contribution in [2.45, 2.75) is 24.8 Å². The second-order valence-corrected chi connectivity index (χ2v) is 7.82. The van der Waals surface area contributed by atoms with Gasteiger partial charge < -0.3 is 14.4 Å². The van der Waals surface area contributed by atoms with Crippen molar-refractivity contribution in [3.63, 3.8) is 0 Å². The molecule has 0 aromatic heterocycles. The normalized spacial score (nSPS) is 20.2. The van der Waals surface area contributed by atoms with E-state index in [2.05, 4.69) is 11.0 Å². The number of piperazine rings is 1. The summed E-state index contributed by atoms with van der Waals surface area (Å²) in [5.74, 6) is 1.41. The van der Waals surface area contributed by atoms with E-state index < -0.39 is 5.41 Å². The molecule has 0 atom stereocenters. The van der Waals surface area contributed by atoms with E-state index in [1.165, 1.54) is 11.6 Å². The molecule has 0 spiro atoms. The lowest BCUT2D eigenvalue weighted by Gasteiger charge is -2.36. The van der Waals surface area contributed by atoms with Crippen LogP contribution in [0.25, 0.3) is 0 Å². The lowest BCUT2D eigenvalue weighted by Crippen LogP contribution is -2.51. The van der Waals surface area contributed by atoms with Gasteiger partial charge in [0.1, 0.15) is 5.82 Å². The first-order valence-electron chi connectivity index (χ1n) is 9.81. The predicted molar refractivity (Wildman–Crippen MR) is 102 cm³/mol. The highest BCUT2D eigenvalue weighted by molar-refractivity contribution is 5.91. The number of benzene rings is 2. The maximum atomic E-state index is 14.3. The summed E-state index contributed by atoms with van der Waals surface area (Å²) in [5, 5.41) is 0. The van der Waals surface area contributed by atoms with Crippen LogP contribution in [0.1, 0.15) is 24.0 Å². The number of carbonyl (C=O) groups excluding carboxylic acids is 1. The molecule has 1 saturated carbocycles. The molecule has 146 valence electrons. The topological polar surface area (TPSA) is 42.0 Å². The monoisotopic (exact) mass is 382 g/mol. The van der Waals surface area contributed by atoms with Gasteiger partial charge in [-0.05, 0) is 36.6 Å². The third kappa shape index (κ3) is 3.02. The summed E-state index contributed by atoms with van der Waals surface area (Å²) in [6.07, 6.45) is 1.48. The van der Waals surface area contributed by atoms with E-state index in [0.717, 1.165) is 44.0 Å². The molecule has 2 aromatic rings. The van der Waals surface area contributed by atoms with E-state index >= 15 is 0 Å². The van der Waals surface area contributed by atoms with E-state index in [4.69, 9.17) is 9.47 Å². The molecule has 6 heteroatoms. The smallest absolute Gasteiger partial charge is 0.233 e. The molecule has 2 heterocycles. The zero-order chi connectivity index (χ0) is 19.1. The molecule has 3 aliphatic rings. The molecule has 0 bridgehead atoms. The average molecular weight is 382 g/mol. The van der Waals surface area contributed by atoms with Crippen LogP contribution in [0.3, 0.4) is 0 Å². The molecular formula is C22H23FN2O3. The summed E-state index contributed by atoms with van der Waals surface area (Å²) in [7, 11) is 0. The predicted octanol–water partition coefficient (Wildman–Crippen LogP) is 2.93. The molecule has 0 unspecified atom stereocenters. The Bertz CT molecular complexity index is 904. The Balaban J connectivity index is 1.21. The van der Waals surface area contributed by atoms with E-state index in [0.29, 0.717) is 18.7 Å². The molecule has 2 fully saturated rings. The molecule has 28 heavy (non-hydrogen) atoms. The van der Waals surface area contributed by atoms with Crippen molar-refractivity contribution >= 4 is 5.91 Å². The summed E-state index contributed by atoms with van der Waals surface area (Å²) in [6, 6.07) is 12.7. The molecule has 1 aliphatic carbocycles. The molecule has 5 rings (SSSR count). The van der Waals surface area contributed by atoms with E-state index in [1.54, 1.807) is 12.1 Å². The van der Waals surface area contributed by atoms with Crippen molar-refractivity contribution in [2.24, 2.45) is 0 Å². The fraction of sp³-hybridized carbons (Fsp3) is 0.409. The highest BCUT2D eigenvalue weighted by Gasteiger charge is 2.54. The Morgan fingerprint density at radius 2 is 1.75 bits per heavy atom. The van der Waals surface area contributed by atoms with Gasteiger partial charge in [0.05, 0.1) is 5.41 Å². The zero-order valence-electron chi connectivity index (χ0n) is 15.7. The van der Waals surface area contributed by atoms with E-state index in [-0.39, 0.29) is 18.5 Å². The Labute approximate surface area is 163 Å². The SMILES string of the molecule is O=C(N1CCN(Cc2ccc3c(c2)OCO3)CC1)C1(c2ccccc2F)CC1. The minimum atomic E-state index is -0.634. The van der Waals surface area contributed by atoms with Gasteiger partial charge in [-0.2, -0.15) is 0 Å². The van der Waals surface area contributed by atoms with Gasteiger partial charge in [-0.25, -0.2) is 4.39 Å². The fourth-order valence-electron chi connectivity index (χ4n) is 4.28. The third-order valence-corrected chi connectivity index (χ3v) is 6.05. The Morgan fingerprint density at radius 3 is 2.50 bits per heavy atom. The first-order chi connectivity index (χ1) is 13.7. The van der Waals surface area contributed by atoms with Crippen molar-refractivity contribution < 1.29 is 18.7 Å². The van der Waals surface area contributed by atoms with E-state index in [9.17, 15) is 9.18 Å². The maximum absolute atomic E-state index is 14.3. The largest absolute Gasteiger partial charge is 0.454 e. The van der Waals surface area contributed by atoms with Gasteiger partial charge in [0.25, 0.3) is 0 Å². The molecule has 5 nitrogen and oxygen atoms in total. The minimum Gasteiger partial charge on any atom is -0.454 e. The van der Waals surface area contributed by atoms with Crippen molar-refractivity contribution in [3.05, 3.63) is 59.4 Å². The summed E-state index contributed by atoms with van der Waals surface area (Å²) in [4.78, 5) is 17.4. The van der Waals surface area contributed by atoms with Crippen LogP contribution >= 0.6 is 0 Å². The first kappa shape index (κ1) is 17.5. The van der Waals surface area contributed by atoms with Crippen LogP contribution in [-0.4, -0.2) is 48.7 Å². The highest BCUT2D eigenvalue weighted by Crippen LogP contribution is 2.50. The van der Waals surface area contributed by atoms with Crippen LogP contribution in [0.15, 0.2) is 42.5 Å². The summed E-state index contributed by atoms with van der Waals surface area (Å²) < 4.78 is 25.1. The molecular weight excluding hydrogens is 359 g/mol. The van der Waals surface area contributed by atoms with Gasteiger partial charge in [-0.3, -0.25) is 9.69 Å². The number of nitrogens with zero attached hydrogens (tertiary/aromatic N) is 2. The average Bonchev–Trinajstić information content (AvgIpc) is 3.39. The second-order valence-electron chi connectivity index (χ2n) is 7.82. The van der Waals surface area contributed by atoms with Gasteiger partial charge in [-0.1, -0.05) is 24.3 Å². The second kappa shape index (κ2) is 6.78. The van der Waals surface area contributed by atoms with Crippen molar-refractivity contribution in [1.29, 1.82) is 0 Å². The Kier molecular flexibility index (Phi) is 4.23. The molecule has 0 N–H and O–H groups in total. The zero-order valence-corrected chi connectivity index (χ0v) is 15.7. The number of rotatable bonds is 4. The third-order valence-electron chi connectivity index (χ3n) is 6.05. The van der Waals surface area contributed by atoms with Gasteiger partial charge in [0.15, 0.2) is 11.5 Å². The van der Waals surface area contributed by atoms with Crippen LogP contribution < -0.4 is 9.47 Å².